The average Bonchev–Trinajstić information content (AvgIpc) is 2.19. The number of hydrogen-bond acceptors (Lipinski definition) is 3. The molecule has 3 nitrogen and oxygen atoms in total. The number of aryl methyl sites for hydroxylation is 2. The molecule has 0 fully saturated rings. The highest BCUT2D eigenvalue weighted by atomic mass is 16.3. The van der Waals surface area contributed by atoms with Gasteiger partial charge in [-0.1, -0.05) is 6.07 Å². The van der Waals surface area contributed by atoms with Crippen molar-refractivity contribution in [2.24, 2.45) is 0 Å². The second-order valence-electron chi connectivity index (χ2n) is 3.47. The Morgan fingerprint density at radius 2 is 2.07 bits per heavy atom. The SMILES string of the molecule is Cc1cc(=O)c2c(C#N)ccc(C)c2o1. The van der Waals surface area contributed by atoms with Crippen molar-refractivity contribution < 1.29 is 4.42 Å². The van der Waals surface area contributed by atoms with Gasteiger partial charge >= 0.3 is 0 Å². The number of benzene rings is 1. The van der Waals surface area contributed by atoms with E-state index in [0.29, 0.717) is 22.3 Å². The van der Waals surface area contributed by atoms with E-state index < -0.39 is 0 Å². The first-order valence-corrected chi connectivity index (χ1v) is 4.57. The van der Waals surface area contributed by atoms with Gasteiger partial charge in [-0.2, -0.15) is 5.26 Å². The highest BCUT2D eigenvalue weighted by molar-refractivity contribution is 5.85. The number of fused-ring (bicyclic) bond motifs is 1. The summed E-state index contributed by atoms with van der Waals surface area (Å²) < 4.78 is 5.46. The van der Waals surface area contributed by atoms with E-state index in [4.69, 9.17) is 9.68 Å². The largest absolute Gasteiger partial charge is 0.461 e. The van der Waals surface area contributed by atoms with Crippen LogP contribution in [0.2, 0.25) is 0 Å². The number of nitriles is 1. The van der Waals surface area contributed by atoms with Crippen molar-refractivity contribution in [1.82, 2.24) is 0 Å². The van der Waals surface area contributed by atoms with Crippen LogP contribution in [0.3, 0.4) is 0 Å². The Kier molecular flexibility index (Phi) is 2.05. The van der Waals surface area contributed by atoms with Gasteiger partial charge < -0.3 is 4.42 Å². The van der Waals surface area contributed by atoms with Gasteiger partial charge in [0.05, 0.1) is 10.9 Å². The molecule has 3 heteroatoms. The molecule has 0 aliphatic heterocycles. The Morgan fingerprint density at radius 3 is 2.73 bits per heavy atom. The van der Waals surface area contributed by atoms with E-state index in [-0.39, 0.29) is 5.43 Å². The van der Waals surface area contributed by atoms with Crippen molar-refractivity contribution in [2.75, 3.05) is 0 Å². The van der Waals surface area contributed by atoms with Gasteiger partial charge in [0, 0.05) is 6.07 Å². The Hall–Kier alpha value is -2.08. The normalized spacial score (nSPS) is 10.2. The standard InChI is InChI=1S/C12H9NO2/c1-7-3-4-9(6-13)11-10(14)5-8(2)15-12(7)11/h3-5H,1-2H3. The summed E-state index contributed by atoms with van der Waals surface area (Å²) in [6.07, 6.45) is 0. The molecule has 0 atom stereocenters. The Balaban J connectivity index is 3.09. The predicted octanol–water partition coefficient (Wildman–Crippen LogP) is 2.28. The molecule has 0 aliphatic carbocycles. The van der Waals surface area contributed by atoms with Gasteiger partial charge in [-0.3, -0.25) is 4.79 Å². The van der Waals surface area contributed by atoms with Crippen LogP contribution < -0.4 is 5.43 Å². The van der Waals surface area contributed by atoms with Crippen molar-refractivity contribution in [3.8, 4) is 6.07 Å². The van der Waals surface area contributed by atoms with Crippen molar-refractivity contribution in [3.05, 3.63) is 45.3 Å². The molecule has 0 N–H and O–H groups in total. The lowest BCUT2D eigenvalue weighted by Gasteiger charge is -2.02. The van der Waals surface area contributed by atoms with Crippen molar-refractivity contribution in [3.63, 3.8) is 0 Å². The summed E-state index contributed by atoms with van der Waals surface area (Å²) in [7, 11) is 0. The van der Waals surface area contributed by atoms with Crippen LogP contribution in [0.4, 0.5) is 0 Å². The van der Waals surface area contributed by atoms with E-state index in [9.17, 15) is 4.79 Å². The summed E-state index contributed by atoms with van der Waals surface area (Å²) in [6, 6.07) is 6.83. The maximum Gasteiger partial charge on any atom is 0.194 e. The molecule has 0 amide bonds. The van der Waals surface area contributed by atoms with E-state index in [2.05, 4.69) is 0 Å². The van der Waals surface area contributed by atoms with Crippen LogP contribution in [-0.4, -0.2) is 0 Å². The van der Waals surface area contributed by atoms with Gasteiger partial charge in [-0.05, 0) is 25.5 Å². The fourth-order valence-corrected chi connectivity index (χ4v) is 1.60. The molecule has 0 spiro atoms. The third kappa shape index (κ3) is 1.40. The molecule has 2 aromatic rings. The number of nitrogens with zero attached hydrogens (tertiary/aromatic N) is 1. The van der Waals surface area contributed by atoms with E-state index in [1.165, 1.54) is 6.07 Å². The fraction of sp³-hybridized carbons (Fsp3) is 0.167. The molecule has 0 unspecified atom stereocenters. The lowest BCUT2D eigenvalue weighted by atomic mass is 10.1. The van der Waals surface area contributed by atoms with Crippen molar-refractivity contribution in [2.45, 2.75) is 13.8 Å². The van der Waals surface area contributed by atoms with Gasteiger partial charge in [0.1, 0.15) is 17.4 Å². The second-order valence-corrected chi connectivity index (χ2v) is 3.47. The smallest absolute Gasteiger partial charge is 0.194 e. The van der Waals surface area contributed by atoms with Gasteiger partial charge in [0.15, 0.2) is 5.43 Å². The minimum Gasteiger partial charge on any atom is -0.461 e. The zero-order chi connectivity index (χ0) is 11.0. The van der Waals surface area contributed by atoms with Crippen LogP contribution in [0.1, 0.15) is 16.9 Å². The van der Waals surface area contributed by atoms with Crippen molar-refractivity contribution in [1.29, 1.82) is 5.26 Å². The number of rotatable bonds is 0. The summed E-state index contributed by atoms with van der Waals surface area (Å²) in [5.41, 5.74) is 1.59. The lowest BCUT2D eigenvalue weighted by molar-refractivity contribution is 0.562. The first kappa shape index (κ1) is 9.47. The third-order valence-electron chi connectivity index (χ3n) is 2.32. The molecule has 0 saturated heterocycles. The molecule has 0 saturated carbocycles. The molecule has 0 aliphatic rings. The van der Waals surface area contributed by atoms with Crippen LogP contribution in [0.25, 0.3) is 11.0 Å². The summed E-state index contributed by atoms with van der Waals surface area (Å²) in [6.45, 7) is 3.57. The van der Waals surface area contributed by atoms with E-state index in [1.54, 1.807) is 19.1 Å². The Morgan fingerprint density at radius 1 is 1.33 bits per heavy atom. The molecule has 1 aromatic carbocycles. The lowest BCUT2D eigenvalue weighted by Crippen LogP contribution is -2.03. The Bertz CT molecular complexity index is 632. The van der Waals surface area contributed by atoms with E-state index in [0.717, 1.165) is 5.56 Å². The van der Waals surface area contributed by atoms with Gasteiger partial charge in [0.2, 0.25) is 0 Å². The first-order chi connectivity index (χ1) is 7.13. The van der Waals surface area contributed by atoms with Crippen LogP contribution in [0.5, 0.6) is 0 Å². The van der Waals surface area contributed by atoms with Gasteiger partial charge in [0.25, 0.3) is 0 Å². The quantitative estimate of drug-likeness (QED) is 0.654. The van der Waals surface area contributed by atoms with E-state index in [1.807, 2.05) is 13.0 Å². The monoisotopic (exact) mass is 199 g/mol. The van der Waals surface area contributed by atoms with Crippen LogP contribution in [0.15, 0.2) is 27.4 Å². The summed E-state index contributed by atoms with van der Waals surface area (Å²) in [4.78, 5) is 11.7. The third-order valence-corrected chi connectivity index (χ3v) is 2.32. The molecule has 2 rings (SSSR count). The summed E-state index contributed by atoms with van der Waals surface area (Å²) in [5.74, 6) is 0.561. The van der Waals surface area contributed by atoms with Gasteiger partial charge in [-0.15, -0.1) is 0 Å². The molecule has 15 heavy (non-hydrogen) atoms. The highest BCUT2D eigenvalue weighted by Crippen LogP contribution is 2.19. The molecule has 0 bridgehead atoms. The topological polar surface area (TPSA) is 54.0 Å². The zero-order valence-electron chi connectivity index (χ0n) is 8.50. The maximum absolute atomic E-state index is 11.7. The first-order valence-electron chi connectivity index (χ1n) is 4.57. The molecule has 1 aromatic heterocycles. The molecule has 74 valence electrons. The van der Waals surface area contributed by atoms with Crippen LogP contribution in [0, 0.1) is 25.2 Å². The summed E-state index contributed by atoms with van der Waals surface area (Å²) >= 11 is 0. The van der Waals surface area contributed by atoms with Crippen LogP contribution >= 0.6 is 0 Å². The second kappa shape index (κ2) is 3.25. The fourth-order valence-electron chi connectivity index (χ4n) is 1.60. The zero-order valence-corrected chi connectivity index (χ0v) is 8.50. The minimum absolute atomic E-state index is 0.158. The molecule has 1 heterocycles. The molecular formula is C12H9NO2. The molecule has 0 radical (unpaired) electrons. The van der Waals surface area contributed by atoms with Crippen molar-refractivity contribution >= 4 is 11.0 Å². The molecular weight excluding hydrogens is 190 g/mol. The Labute approximate surface area is 86.6 Å². The predicted molar refractivity (Wildman–Crippen MR) is 56.7 cm³/mol. The average molecular weight is 199 g/mol. The van der Waals surface area contributed by atoms with Gasteiger partial charge in [-0.25, -0.2) is 0 Å². The van der Waals surface area contributed by atoms with Crippen LogP contribution in [-0.2, 0) is 0 Å². The minimum atomic E-state index is -0.158. The summed E-state index contributed by atoms with van der Waals surface area (Å²) in [5, 5.41) is 9.27. The highest BCUT2D eigenvalue weighted by Gasteiger charge is 2.09. The number of hydrogen-bond donors (Lipinski definition) is 0. The van der Waals surface area contributed by atoms with E-state index >= 15 is 0 Å². The maximum atomic E-state index is 11.7.